The molecule has 2 nitrogen and oxygen atoms in total. The highest BCUT2D eigenvalue weighted by atomic mass is 16.5. The average molecular weight is 286 g/mol. The maximum absolute atomic E-state index is 13.1. The average Bonchev–Trinajstić information content (AvgIpc) is 3.02. The maximum Gasteiger partial charge on any atom is 0.169 e. The Bertz CT molecular complexity index is 538. The number of rotatable bonds is 4. The molecular weight excluding hydrogens is 260 g/mol. The fourth-order valence-electron chi connectivity index (χ4n) is 4.23. The summed E-state index contributed by atoms with van der Waals surface area (Å²) in [7, 11) is 0. The molecule has 1 unspecified atom stereocenters. The first-order valence-electron chi connectivity index (χ1n) is 8.34. The number of carbonyl (C=O) groups is 1. The van der Waals surface area contributed by atoms with E-state index in [1.807, 2.05) is 12.1 Å². The third kappa shape index (κ3) is 2.73. The number of hydrogen-bond acceptors (Lipinski definition) is 2. The highest BCUT2D eigenvalue weighted by Crippen LogP contribution is 2.46. The molecule has 1 aromatic rings. The van der Waals surface area contributed by atoms with Gasteiger partial charge in [0.25, 0.3) is 0 Å². The molecule has 2 aliphatic rings. The topological polar surface area (TPSA) is 26.3 Å². The van der Waals surface area contributed by atoms with Gasteiger partial charge in [0.1, 0.15) is 11.9 Å². The highest BCUT2D eigenvalue weighted by molar-refractivity contribution is 6.01. The Labute approximate surface area is 127 Å². The number of ether oxygens (including phenoxy) is 1. The molecule has 1 aliphatic heterocycles. The van der Waals surface area contributed by atoms with Crippen molar-refractivity contribution in [3.8, 4) is 5.75 Å². The van der Waals surface area contributed by atoms with Crippen molar-refractivity contribution >= 4 is 5.78 Å². The van der Waals surface area contributed by atoms with E-state index in [0.29, 0.717) is 11.7 Å². The van der Waals surface area contributed by atoms with Crippen LogP contribution in [0.25, 0.3) is 0 Å². The minimum atomic E-state index is -0.104. The van der Waals surface area contributed by atoms with E-state index in [-0.39, 0.29) is 11.5 Å². The molecule has 3 rings (SSSR count). The van der Waals surface area contributed by atoms with Gasteiger partial charge in [-0.1, -0.05) is 26.7 Å². The van der Waals surface area contributed by atoms with Gasteiger partial charge >= 0.3 is 0 Å². The fourth-order valence-corrected chi connectivity index (χ4v) is 4.23. The molecule has 1 saturated carbocycles. The number of ketones is 1. The molecule has 1 aromatic carbocycles. The van der Waals surface area contributed by atoms with E-state index in [1.165, 1.54) is 18.4 Å². The number of fused-ring (bicyclic) bond motifs is 1. The number of benzene rings is 1. The van der Waals surface area contributed by atoms with Crippen LogP contribution in [0.3, 0.4) is 0 Å². The molecule has 1 heterocycles. The summed E-state index contributed by atoms with van der Waals surface area (Å²) in [5, 5.41) is 0. The van der Waals surface area contributed by atoms with E-state index in [4.69, 9.17) is 4.74 Å². The molecule has 1 aliphatic carbocycles. The SMILES string of the molecule is CC(C)CC1(C(=O)c2ccc3c(c2)CC(C)O3)CCCC1. The van der Waals surface area contributed by atoms with Crippen molar-refractivity contribution in [1.82, 2.24) is 0 Å². The number of Topliss-reactive ketones (excluding diaryl/α,β-unsaturated/α-hetero) is 1. The molecule has 0 saturated heterocycles. The molecule has 0 amide bonds. The second kappa shape index (κ2) is 5.47. The van der Waals surface area contributed by atoms with Crippen molar-refractivity contribution in [2.75, 3.05) is 0 Å². The summed E-state index contributed by atoms with van der Waals surface area (Å²) in [5.41, 5.74) is 1.99. The van der Waals surface area contributed by atoms with Gasteiger partial charge < -0.3 is 4.74 Å². The van der Waals surface area contributed by atoms with Gasteiger partial charge in [0.2, 0.25) is 0 Å². The summed E-state index contributed by atoms with van der Waals surface area (Å²) >= 11 is 0. The molecule has 0 spiro atoms. The molecule has 2 heteroatoms. The fraction of sp³-hybridized carbons (Fsp3) is 0.632. The van der Waals surface area contributed by atoms with Gasteiger partial charge in [0, 0.05) is 17.4 Å². The summed E-state index contributed by atoms with van der Waals surface area (Å²) in [4.78, 5) is 13.1. The smallest absolute Gasteiger partial charge is 0.169 e. The molecule has 1 atom stereocenters. The molecule has 114 valence electrons. The molecule has 0 aromatic heterocycles. The zero-order chi connectivity index (χ0) is 15.0. The summed E-state index contributed by atoms with van der Waals surface area (Å²) in [6.07, 6.45) is 6.71. The van der Waals surface area contributed by atoms with E-state index < -0.39 is 0 Å². The van der Waals surface area contributed by atoms with Crippen molar-refractivity contribution < 1.29 is 9.53 Å². The quantitative estimate of drug-likeness (QED) is 0.743. The van der Waals surface area contributed by atoms with E-state index in [9.17, 15) is 4.79 Å². The van der Waals surface area contributed by atoms with Crippen LogP contribution in [-0.4, -0.2) is 11.9 Å². The summed E-state index contributed by atoms with van der Waals surface area (Å²) in [5.74, 6) is 1.91. The van der Waals surface area contributed by atoms with Crippen LogP contribution in [0.2, 0.25) is 0 Å². The number of carbonyl (C=O) groups excluding carboxylic acids is 1. The summed E-state index contributed by atoms with van der Waals surface area (Å²) in [6.45, 7) is 6.54. The Morgan fingerprint density at radius 3 is 2.71 bits per heavy atom. The third-order valence-corrected chi connectivity index (χ3v) is 5.00. The second-order valence-electron chi connectivity index (χ2n) is 7.37. The zero-order valence-electron chi connectivity index (χ0n) is 13.4. The standard InChI is InChI=1S/C19H26O2/c1-13(2)12-19(8-4-5-9-19)18(20)15-6-7-17-16(11-15)10-14(3)21-17/h6-7,11,13-14H,4-5,8-10,12H2,1-3H3. The van der Waals surface area contributed by atoms with Crippen molar-refractivity contribution in [2.24, 2.45) is 11.3 Å². The first-order chi connectivity index (χ1) is 10.00. The first-order valence-corrected chi connectivity index (χ1v) is 8.34. The summed E-state index contributed by atoms with van der Waals surface area (Å²) < 4.78 is 5.75. The lowest BCUT2D eigenvalue weighted by Crippen LogP contribution is -2.30. The van der Waals surface area contributed by atoms with Crippen molar-refractivity contribution in [1.29, 1.82) is 0 Å². The lowest BCUT2D eigenvalue weighted by molar-refractivity contribution is 0.0760. The van der Waals surface area contributed by atoms with E-state index in [2.05, 4.69) is 26.8 Å². The normalized spacial score (nSPS) is 23.1. The first kappa shape index (κ1) is 14.6. The molecule has 0 N–H and O–H groups in total. The lowest BCUT2D eigenvalue weighted by Gasteiger charge is -2.29. The molecule has 0 bridgehead atoms. The van der Waals surface area contributed by atoms with Crippen LogP contribution in [0.5, 0.6) is 5.75 Å². The summed E-state index contributed by atoms with van der Waals surface area (Å²) in [6, 6.07) is 6.05. The van der Waals surface area contributed by atoms with Crippen LogP contribution in [0.4, 0.5) is 0 Å². The van der Waals surface area contributed by atoms with Gasteiger partial charge in [0.15, 0.2) is 5.78 Å². The van der Waals surface area contributed by atoms with Crippen LogP contribution in [0.15, 0.2) is 18.2 Å². The Balaban J connectivity index is 1.89. The van der Waals surface area contributed by atoms with Gasteiger partial charge in [-0.05, 0) is 55.9 Å². The van der Waals surface area contributed by atoms with Crippen LogP contribution >= 0.6 is 0 Å². The highest BCUT2D eigenvalue weighted by Gasteiger charge is 2.41. The Morgan fingerprint density at radius 2 is 2.05 bits per heavy atom. The van der Waals surface area contributed by atoms with E-state index in [0.717, 1.165) is 37.0 Å². The largest absolute Gasteiger partial charge is 0.490 e. The minimum Gasteiger partial charge on any atom is -0.490 e. The third-order valence-electron chi connectivity index (χ3n) is 5.00. The van der Waals surface area contributed by atoms with Gasteiger partial charge in [0.05, 0.1) is 0 Å². The molecule has 21 heavy (non-hydrogen) atoms. The monoisotopic (exact) mass is 286 g/mol. The van der Waals surface area contributed by atoms with Crippen LogP contribution in [0.1, 0.15) is 68.8 Å². The van der Waals surface area contributed by atoms with Gasteiger partial charge in [-0.25, -0.2) is 0 Å². The molecular formula is C19H26O2. The predicted molar refractivity (Wildman–Crippen MR) is 84.9 cm³/mol. The number of hydrogen-bond donors (Lipinski definition) is 0. The van der Waals surface area contributed by atoms with E-state index in [1.54, 1.807) is 0 Å². The van der Waals surface area contributed by atoms with Gasteiger partial charge in [-0.2, -0.15) is 0 Å². The van der Waals surface area contributed by atoms with Crippen LogP contribution in [0, 0.1) is 11.3 Å². The Kier molecular flexibility index (Phi) is 3.81. The van der Waals surface area contributed by atoms with Crippen molar-refractivity contribution in [3.63, 3.8) is 0 Å². The lowest BCUT2D eigenvalue weighted by atomic mass is 9.73. The van der Waals surface area contributed by atoms with Gasteiger partial charge in [-0.15, -0.1) is 0 Å². The van der Waals surface area contributed by atoms with E-state index >= 15 is 0 Å². The van der Waals surface area contributed by atoms with Crippen LogP contribution < -0.4 is 4.74 Å². The van der Waals surface area contributed by atoms with Crippen LogP contribution in [-0.2, 0) is 6.42 Å². The maximum atomic E-state index is 13.1. The van der Waals surface area contributed by atoms with Gasteiger partial charge in [-0.3, -0.25) is 4.79 Å². The minimum absolute atomic E-state index is 0.104. The molecule has 1 fully saturated rings. The molecule has 0 radical (unpaired) electrons. The van der Waals surface area contributed by atoms with Crippen molar-refractivity contribution in [2.45, 2.75) is 65.4 Å². The van der Waals surface area contributed by atoms with Crippen molar-refractivity contribution in [3.05, 3.63) is 29.3 Å². The zero-order valence-corrected chi connectivity index (χ0v) is 13.4. The Hall–Kier alpha value is -1.31. The predicted octanol–water partition coefficient (Wildman–Crippen LogP) is 4.80. The Morgan fingerprint density at radius 1 is 1.33 bits per heavy atom. The second-order valence-corrected chi connectivity index (χ2v) is 7.37.